The topological polar surface area (TPSA) is 105 Å². The molecule has 2 N–H and O–H groups in total. The summed E-state index contributed by atoms with van der Waals surface area (Å²) in [5.74, 6) is -0.756. The molecule has 34 heavy (non-hydrogen) atoms. The van der Waals surface area contributed by atoms with Crippen molar-refractivity contribution in [3.63, 3.8) is 0 Å². The summed E-state index contributed by atoms with van der Waals surface area (Å²) in [6.45, 7) is 6.57. The fourth-order valence-electron chi connectivity index (χ4n) is 4.31. The van der Waals surface area contributed by atoms with Crippen LogP contribution in [0.2, 0.25) is 0 Å². The number of pyridine rings is 1. The average Bonchev–Trinajstić information content (AvgIpc) is 3.14. The minimum atomic E-state index is -4.22. The Hall–Kier alpha value is -2.29. The number of nitrogens with zero attached hydrogens (tertiary/aromatic N) is 5. The van der Waals surface area contributed by atoms with Gasteiger partial charge in [0.25, 0.3) is 6.43 Å². The van der Waals surface area contributed by atoms with Gasteiger partial charge >= 0.3 is 0 Å². The van der Waals surface area contributed by atoms with Gasteiger partial charge in [0.2, 0.25) is 10.0 Å². The van der Waals surface area contributed by atoms with Crippen molar-refractivity contribution in [2.75, 3.05) is 18.0 Å². The monoisotopic (exact) mass is 515 g/mol. The molecule has 184 valence electrons. The molecular weight excluding hydrogens is 491 g/mol. The maximum Gasteiger partial charge on any atom is 0.291 e. The molecule has 0 spiro atoms. The summed E-state index contributed by atoms with van der Waals surface area (Å²) in [5.41, 5.74) is -0.192. The maximum absolute atomic E-state index is 16.0. The molecule has 0 unspecified atom stereocenters. The van der Waals surface area contributed by atoms with E-state index in [-0.39, 0.29) is 28.6 Å². The number of alkyl halides is 2. The maximum atomic E-state index is 16.0. The quantitative estimate of drug-likeness (QED) is 0.520. The van der Waals surface area contributed by atoms with Crippen LogP contribution < -0.4 is 14.9 Å². The number of hydrogen-bond donors (Lipinski definition) is 2. The summed E-state index contributed by atoms with van der Waals surface area (Å²) < 4.78 is 72.6. The van der Waals surface area contributed by atoms with Gasteiger partial charge in [0.15, 0.2) is 21.7 Å². The second-order valence-electron chi connectivity index (χ2n) is 9.28. The number of sulfonamides is 1. The Labute approximate surface area is 198 Å². The van der Waals surface area contributed by atoms with Crippen LogP contribution in [0.4, 0.5) is 18.9 Å². The number of halogens is 3. The molecule has 2 aliphatic rings. The SMILES string of the molecule is C[C@H]1CN(c2c(F)c(S(=O)(=O)NC3(C)CC3)cn3c(-c4nnc(C(F)F)s4)ncc23)C[C@H](C)N1. The minimum absolute atomic E-state index is 0.0334. The molecule has 3 aromatic heterocycles. The van der Waals surface area contributed by atoms with Gasteiger partial charge in [0, 0.05) is 36.9 Å². The van der Waals surface area contributed by atoms with Crippen molar-refractivity contribution in [3.05, 3.63) is 23.2 Å². The van der Waals surface area contributed by atoms with E-state index < -0.39 is 37.7 Å². The lowest BCUT2D eigenvalue weighted by Crippen LogP contribution is -2.54. The third-order valence-corrected chi connectivity index (χ3v) is 8.62. The van der Waals surface area contributed by atoms with E-state index in [0.29, 0.717) is 42.8 Å². The lowest BCUT2D eigenvalue weighted by atomic mass is 10.1. The van der Waals surface area contributed by atoms with Crippen LogP contribution in [0.1, 0.15) is 45.0 Å². The van der Waals surface area contributed by atoms with Crippen molar-refractivity contribution in [2.24, 2.45) is 0 Å². The lowest BCUT2D eigenvalue weighted by molar-refractivity contribution is 0.150. The van der Waals surface area contributed by atoms with Crippen molar-refractivity contribution < 1.29 is 21.6 Å². The minimum Gasteiger partial charge on any atom is -0.364 e. The second-order valence-corrected chi connectivity index (χ2v) is 11.9. The Balaban J connectivity index is 1.72. The van der Waals surface area contributed by atoms with Crippen molar-refractivity contribution in [1.29, 1.82) is 0 Å². The van der Waals surface area contributed by atoms with E-state index in [0.717, 1.165) is 6.20 Å². The Morgan fingerprint density at radius 3 is 2.50 bits per heavy atom. The van der Waals surface area contributed by atoms with Crippen molar-refractivity contribution in [2.45, 2.75) is 62.6 Å². The number of anilines is 1. The van der Waals surface area contributed by atoms with Gasteiger partial charge in [0.1, 0.15) is 10.6 Å². The van der Waals surface area contributed by atoms with Crippen LogP contribution in [0.25, 0.3) is 16.3 Å². The number of fused-ring (bicyclic) bond motifs is 1. The second kappa shape index (κ2) is 8.14. The van der Waals surface area contributed by atoms with Crippen molar-refractivity contribution >= 4 is 32.6 Å². The third-order valence-electron chi connectivity index (χ3n) is 6.07. The van der Waals surface area contributed by atoms with E-state index in [2.05, 4.69) is 25.2 Å². The standard InChI is InChI=1S/C20H24F3N7O2S2/c1-10-7-29(8-11(2)25-10)15-12-6-24-17(19-27-26-18(33-19)16(22)23)30(12)9-13(14(15)21)34(31,32)28-20(3)4-5-20/h6,9-11,16,25,28H,4-5,7-8H2,1-3H3/t10-,11-/m0/s1. The largest absolute Gasteiger partial charge is 0.364 e. The van der Waals surface area contributed by atoms with Gasteiger partial charge in [-0.2, -0.15) is 0 Å². The summed E-state index contributed by atoms with van der Waals surface area (Å²) >= 11 is 0.655. The highest BCUT2D eigenvalue weighted by atomic mass is 32.2. The lowest BCUT2D eigenvalue weighted by Gasteiger charge is -2.38. The van der Waals surface area contributed by atoms with Crippen LogP contribution in [-0.4, -0.2) is 58.7 Å². The van der Waals surface area contributed by atoms with Gasteiger partial charge in [-0.3, -0.25) is 4.40 Å². The summed E-state index contributed by atoms with van der Waals surface area (Å²) in [7, 11) is -4.22. The molecule has 4 heterocycles. The molecule has 0 amide bonds. The van der Waals surface area contributed by atoms with E-state index in [4.69, 9.17) is 0 Å². The molecule has 1 saturated heterocycles. The van der Waals surface area contributed by atoms with Gasteiger partial charge in [-0.15, -0.1) is 10.2 Å². The Morgan fingerprint density at radius 2 is 1.91 bits per heavy atom. The zero-order chi connectivity index (χ0) is 24.4. The molecule has 1 aliphatic carbocycles. The smallest absolute Gasteiger partial charge is 0.291 e. The molecule has 0 aromatic carbocycles. The van der Waals surface area contributed by atoms with Gasteiger partial charge in [-0.1, -0.05) is 11.3 Å². The molecule has 0 bridgehead atoms. The van der Waals surface area contributed by atoms with Gasteiger partial charge in [-0.05, 0) is 33.6 Å². The van der Waals surface area contributed by atoms with Crippen LogP contribution in [0.15, 0.2) is 17.3 Å². The predicted molar refractivity (Wildman–Crippen MR) is 121 cm³/mol. The highest BCUT2D eigenvalue weighted by molar-refractivity contribution is 7.89. The van der Waals surface area contributed by atoms with E-state index >= 15 is 4.39 Å². The van der Waals surface area contributed by atoms with Gasteiger partial charge in [-0.25, -0.2) is 31.3 Å². The molecule has 1 saturated carbocycles. The zero-order valence-electron chi connectivity index (χ0n) is 18.7. The highest BCUT2D eigenvalue weighted by Crippen LogP contribution is 2.39. The third kappa shape index (κ3) is 4.16. The molecular formula is C20H24F3N7O2S2. The fourth-order valence-corrected chi connectivity index (χ4v) is 6.54. The molecule has 9 nitrogen and oxygen atoms in total. The molecule has 0 radical (unpaired) electrons. The Morgan fingerprint density at radius 1 is 1.24 bits per heavy atom. The van der Waals surface area contributed by atoms with E-state index in [1.807, 2.05) is 13.8 Å². The predicted octanol–water partition coefficient (Wildman–Crippen LogP) is 2.95. The van der Waals surface area contributed by atoms with E-state index in [1.54, 1.807) is 11.8 Å². The van der Waals surface area contributed by atoms with E-state index in [9.17, 15) is 17.2 Å². The van der Waals surface area contributed by atoms with Crippen LogP contribution in [-0.2, 0) is 10.0 Å². The summed E-state index contributed by atoms with van der Waals surface area (Å²) in [6, 6.07) is 0.0669. The first kappa shape index (κ1) is 23.5. The Bertz CT molecular complexity index is 1340. The summed E-state index contributed by atoms with van der Waals surface area (Å²) in [6.07, 6.45) is 1.07. The van der Waals surface area contributed by atoms with Gasteiger partial charge < -0.3 is 10.2 Å². The van der Waals surface area contributed by atoms with Crippen LogP contribution in [0.5, 0.6) is 0 Å². The highest BCUT2D eigenvalue weighted by Gasteiger charge is 2.43. The number of rotatable bonds is 6. The zero-order valence-corrected chi connectivity index (χ0v) is 20.4. The first-order valence-electron chi connectivity index (χ1n) is 10.8. The van der Waals surface area contributed by atoms with Crippen LogP contribution in [0.3, 0.4) is 0 Å². The number of imidazole rings is 1. The Kier molecular flexibility index (Phi) is 5.61. The number of hydrogen-bond acceptors (Lipinski definition) is 8. The number of piperazine rings is 1. The van der Waals surface area contributed by atoms with Crippen molar-refractivity contribution in [3.8, 4) is 10.8 Å². The normalized spacial score (nSPS) is 22.6. The fraction of sp³-hybridized carbons (Fsp3) is 0.550. The molecule has 14 heteroatoms. The average molecular weight is 516 g/mol. The summed E-state index contributed by atoms with van der Waals surface area (Å²) in [5, 5.41) is 10.3. The summed E-state index contributed by atoms with van der Waals surface area (Å²) in [4.78, 5) is 5.55. The number of aromatic nitrogens is 4. The van der Waals surface area contributed by atoms with Crippen LogP contribution in [0, 0.1) is 5.82 Å². The molecule has 1 aliphatic heterocycles. The van der Waals surface area contributed by atoms with Gasteiger partial charge in [0.05, 0.1) is 11.7 Å². The first-order valence-corrected chi connectivity index (χ1v) is 13.1. The number of nitrogens with one attached hydrogen (secondary N) is 2. The van der Waals surface area contributed by atoms with Crippen molar-refractivity contribution in [1.82, 2.24) is 29.6 Å². The molecule has 2 atom stereocenters. The molecule has 5 rings (SSSR count). The molecule has 2 fully saturated rings. The van der Waals surface area contributed by atoms with Crippen LogP contribution >= 0.6 is 11.3 Å². The first-order chi connectivity index (χ1) is 16.0. The molecule has 3 aromatic rings. The van der Waals surface area contributed by atoms with E-state index in [1.165, 1.54) is 10.6 Å².